The standard InChI is InChI=1S/C24H18.3C2H6/c1-4-10-19(11-5-1)22-16-23(20-12-6-2-7-13-20)18-24(17-22)21-14-8-3-9-15-21;3*1-2/h1-18H;3*1-2H3. The highest BCUT2D eigenvalue weighted by atomic mass is 14.1. The second-order valence-electron chi connectivity index (χ2n) is 5.90. The molecule has 0 aliphatic carbocycles. The van der Waals surface area contributed by atoms with Crippen LogP contribution in [-0.2, 0) is 0 Å². The minimum absolute atomic E-state index is 1.24. The van der Waals surface area contributed by atoms with E-state index in [1.807, 2.05) is 41.5 Å². The van der Waals surface area contributed by atoms with Crippen molar-refractivity contribution in [1.82, 2.24) is 0 Å². The van der Waals surface area contributed by atoms with Crippen LogP contribution in [0.15, 0.2) is 109 Å². The van der Waals surface area contributed by atoms with Gasteiger partial charge in [-0.15, -0.1) is 0 Å². The van der Waals surface area contributed by atoms with Crippen LogP contribution in [0.2, 0.25) is 0 Å². The largest absolute Gasteiger partial charge is 0.0683 e. The van der Waals surface area contributed by atoms with Gasteiger partial charge in [0.05, 0.1) is 0 Å². The molecule has 156 valence electrons. The van der Waals surface area contributed by atoms with Crippen molar-refractivity contribution in [2.24, 2.45) is 0 Å². The maximum absolute atomic E-state index is 2.27. The molecular formula is C30H36. The van der Waals surface area contributed by atoms with E-state index in [1.54, 1.807) is 0 Å². The summed E-state index contributed by atoms with van der Waals surface area (Å²) in [7, 11) is 0. The molecule has 0 fully saturated rings. The third-order valence-corrected chi connectivity index (χ3v) is 4.25. The number of hydrogen-bond donors (Lipinski definition) is 0. The lowest BCUT2D eigenvalue weighted by Crippen LogP contribution is -1.85. The molecule has 0 unspecified atom stereocenters. The van der Waals surface area contributed by atoms with Crippen LogP contribution in [0.3, 0.4) is 0 Å². The minimum Gasteiger partial charge on any atom is -0.0683 e. The van der Waals surface area contributed by atoms with Crippen LogP contribution >= 0.6 is 0 Å². The Bertz CT molecular complexity index is 784. The van der Waals surface area contributed by atoms with E-state index in [2.05, 4.69) is 109 Å². The molecule has 0 aliphatic heterocycles. The molecule has 0 aromatic heterocycles. The van der Waals surface area contributed by atoms with Gasteiger partial charge in [-0.1, -0.05) is 133 Å². The quantitative estimate of drug-likeness (QED) is 0.323. The molecule has 30 heavy (non-hydrogen) atoms. The molecule has 0 saturated carbocycles. The fourth-order valence-electron chi connectivity index (χ4n) is 3.02. The van der Waals surface area contributed by atoms with Gasteiger partial charge in [-0.2, -0.15) is 0 Å². The van der Waals surface area contributed by atoms with Gasteiger partial charge in [-0.25, -0.2) is 0 Å². The monoisotopic (exact) mass is 396 g/mol. The molecule has 0 nitrogen and oxygen atoms in total. The molecule has 0 bridgehead atoms. The Hall–Kier alpha value is -3.12. The molecule has 0 spiro atoms. The summed E-state index contributed by atoms with van der Waals surface area (Å²) in [4.78, 5) is 0. The van der Waals surface area contributed by atoms with Crippen molar-refractivity contribution in [2.75, 3.05) is 0 Å². The molecular weight excluding hydrogens is 360 g/mol. The predicted molar refractivity (Wildman–Crippen MR) is 137 cm³/mol. The van der Waals surface area contributed by atoms with Crippen molar-refractivity contribution in [3.05, 3.63) is 109 Å². The third kappa shape index (κ3) is 7.04. The van der Waals surface area contributed by atoms with Gasteiger partial charge in [0, 0.05) is 0 Å². The molecule has 0 heteroatoms. The van der Waals surface area contributed by atoms with E-state index in [4.69, 9.17) is 0 Å². The minimum atomic E-state index is 1.24. The number of benzene rings is 4. The van der Waals surface area contributed by atoms with E-state index >= 15 is 0 Å². The van der Waals surface area contributed by atoms with E-state index in [9.17, 15) is 0 Å². The molecule has 0 aliphatic rings. The smallest absolute Gasteiger partial charge is 0.0172 e. The zero-order valence-electron chi connectivity index (χ0n) is 19.4. The van der Waals surface area contributed by atoms with E-state index in [0.29, 0.717) is 0 Å². The summed E-state index contributed by atoms with van der Waals surface area (Å²) in [5, 5.41) is 0. The highest BCUT2D eigenvalue weighted by Gasteiger charge is 2.06. The first-order chi connectivity index (χ1) is 14.9. The molecule has 0 N–H and O–H groups in total. The lowest BCUT2D eigenvalue weighted by Gasteiger charge is -2.11. The second-order valence-corrected chi connectivity index (χ2v) is 5.90. The summed E-state index contributed by atoms with van der Waals surface area (Å²) in [5.41, 5.74) is 7.47. The molecule has 4 aromatic rings. The topological polar surface area (TPSA) is 0 Å². The van der Waals surface area contributed by atoms with E-state index < -0.39 is 0 Å². The fourth-order valence-corrected chi connectivity index (χ4v) is 3.02. The van der Waals surface area contributed by atoms with Crippen molar-refractivity contribution in [1.29, 1.82) is 0 Å². The van der Waals surface area contributed by atoms with Crippen LogP contribution in [0.1, 0.15) is 41.5 Å². The first-order valence-corrected chi connectivity index (χ1v) is 11.2. The zero-order chi connectivity index (χ0) is 22.2. The van der Waals surface area contributed by atoms with Gasteiger partial charge in [0.25, 0.3) is 0 Å². The van der Waals surface area contributed by atoms with Crippen molar-refractivity contribution in [2.45, 2.75) is 41.5 Å². The Labute approximate surface area is 184 Å². The lowest BCUT2D eigenvalue weighted by atomic mass is 9.93. The summed E-state index contributed by atoms with van der Waals surface area (Å²) < 4.78 is 0. The Kier molecular flexibility index (Phi) is 12.3. The molecule has 0 atom stereocenters. The van der Waals surface area contributed by atoms with Gasteiger partial charge >= 0.3 is 0 Å². The molecule has 4 rings (SSSR count). The summed E-state index contributed by atoms with van der Waals surface area (Å²) in [6, 6.07) is 38.5. The van der Waals surface area contributed by atoms with Crippen LogP contribution in [-0.4, -0.2) is 0 Å². The Morgan fingerprint density at radius 2 is 0.467 bits per heavy atom. The average molecular weight is 397 g/mol. The van der Waals surface area contributed by atoms with Crippen molar-refractivity contribution >= 4 is 0 Å². The third-order valence-electron chi connectivity index (χ3n) is 4.25. The van der Waals surface area contributed by atoms with Gasteiger partial charge in [0.2, 0.25) is 0 Å². The highest BCUT2D eigenvalue weighted by molar-refractivity contribution is 5.81. The maximum atomic E-state index is 2.27. The Balaban J connectivity index is 0.000000691. The van der Waals surface area contributed by atoms with Crippen molar-refractivity contribution in [3.63, 3.8) is 0 Å². The number of rotatable bonds is 3. The fraction of sp³-hybridized carbons (Fsp3) is 0.200. The van der Waals surface area contributed by atoms with Crippen LogP contribution in [0.4, 0.5) is 0 Å². The molecule has 0 saturated heterocycles. The maximum Gasteiger partial charge on any atom is -0.0172 e. The van der Waals surface area contributed by atoms with E-state index in [-0.39, 0.29) is 0 Å². The summed E-state index contributed by atoms with van der Waals surface area (Å²) in [5.74, 6) is 0. The normalized spacial score (nSPS) is 9.00. The first-order valence-electron chi connectivity index (χ1n) is 11.2. The summed E-state index contributed by atoms with van der Waals surface area (Å²) in [6.07, 6.45) is 0. The zero-order valence-corrected chi connectivity index (χ0v) is 19.4. The second kappa shape index (κ2) is 14.8. The summed E-state index contributed by atoms with van der Waals surface area (Å²) in [6.45, 7) is 12.0. The van der Waals surface area contributed by atoms with E-state index in [0.717, 1.165) is 0 Å². The first kappa shape index (κ1) is 24.9. The van der Waals surface area contributed by atoms with Gasteiger partial charge in [0.15, 0.2) is 0 Å². The molecule has 0 radical (unpaired) electrons. The molecule has 0 heterocycles. The van der Waals surface area contributed by atoms with Crippen LogP contribution in [0, 0.1) is 0 Å². The van der Waals surface area contributed by atoms with Crippen LogP contribution in [0.25, 0.3) is 33.4 Å². The van der Waals surface area contributed by atoms with Gasteiger partial charge in [-0.05, 0) is 51.6 Å². The van der Waals surface area contributed by atoms with Gasteiger partial charge in [0.1, 0.15) is 0 Å². The molecule has 0 amide bonds. The van der Waals surface area contributed by atoms with Gasteiger partial charge < -0.3 is 0 Å². The summed E-state index contributed by atoms with van der Waals surface area (Å²) >= 11 is 0. The highest BCUT2D eigenvalue weighted by Crippen LogP contribution is 2.32. The van der Waals surface area contributed by atoms with Crippen molar-refractivity contribution < 1.29 is 0 Å². The van der Waals surface area contributed by atoms with Gasteiger partial charge in [-0.3, -0.25) is 0 Å². The van der Waals surface area contributed by atoms with Crippen molar-refractivity contribution in [3.8, 4) is 33.4 Å². The average Bonchev–Trinajstić information content (AvgIpc) is 2.89. The van der Waals surface area contributed by atoms with Crippen LogP contribution < -0.4 is 0 Å². The Morgan fingerprint density at radius 3 is 0.667 bits per heavy atom. The lowest BCUT2D eigenvalue weighted by molar-refractivity contribution is 1.50. The number of hydrogen-bond acceptors (Lipinski definition) is 0. The van der Waals surface area contributed by atoms with Crippen LogP contribution in [0.5, 0.6) is 0 Å². The SMILES string of the molecule is CC.CC.CC.c1ccc(-c2cc(-c3ccccc3)cc(-c3ccccc3)c2)cc1. The Morgan fingerprint density at radius 1 is 0.267 bits per heavy atom. The molecule has 4 aromatic carbocycles. The van der Waals surface area contributed by atoms with E-state index in [1.165, 1.54) is 33.4 Å². The predicted octanol–water partition coefficient (Wildman–Crippen LogP) is 9.77.